The lowest BCUT2D eigenvalue weighted by Gasteiger charge is -2.06. The Morgan fingerprint density at radius 2 is 2.17 bits per heavy atom. The molecule has 1 aromatic rings. The van der Waals surface area contributed by atoms with E-state index >= 15 is 0 Å². The third kappa shape index (κ3) is 4.64. The van der Waals surface area contributed by atoms with Crippen LogP contribution in [0.3, 0.4) is 0 Å². The molecule has 102 valence electrons. The number of hydrogen-bond acceptors (Lipinski definition) is 3. The zero-order valence-electron chi connectivity index (χ0n) is 9.92. The molecule has 3 N–H and O–H groups in total. The molecule has 0 saturated carbocycles. The van der Waals surface area contributed by atoms with Crippen LogP contribution in [0.25, 0.3) is 0 Å². The first kappa shape index (κ1) is 14.3. The first-order valence-corrected chi connectivity index (χ1v) is 5.43. The lowest BCUT2D eigenvalue weighted by molar-refractivity contribution is -0.135. The summed E-state index contributed by atoms with van der Waals surface area (Å²) in [6, 6.07) is 0. The van der Waals surface area contributed by atoms with E-state index in [4.69, 9.17) is 5.73 Å². The summed E-state index contributed by atoms with van der Waals surface area (Å²) in [7, 11) is 1.62. The average Bonchev–Trinajstić information content (AvgIpc) is 2.55. The van der Waals surface area contributed by atoms with Crippen molar-refractivity contribution in [2.45, 2.75) is 25.4 Å². The number of halogens is 3. The van der Waals surface area contributed by atoms with E-state index in [0.29, 0.717) is 0 Å². The van der Waals surface area contributed by atoms with E-state index in [1.165, 1.54) is 10.9 Å². The second-order valence-corrected chi connectivity index (χ2v) is 3.93. The maximum atomic E-state index is 11.8. The van der Waals surface area contributed by atoms with E-state index in [2.05, 4.69) is 10.4 Å². The highest BCUT2D eigenvalue weighted by Crippen LogP contribution is 2.21. The SMILES string of the molecule is Cn1cc(N)c(C(=O)NCCCCC(F)(F)F)n1. The van der Waals surface area contributed by atoms with Crippen molar-refractivity contribution in [1.82, 2.24) is 15.1 Å². The number of carbonyl (C=O) groups is 1. The summed E-state index contributed by atoms with van der Waals surface area (Å²) < 4.78 is 36.9. The van der Waals surface area contributed by atoms with Gasteiger partial charge in [0.25, 0.3) is 5.91 Å². The van der Waals surface area contributed by atoms with E-state index in [1.54, 1.807) is 7.05 Å². The van der Waals surface area contributed by atoms with Crippen LogP contribution in [0.4, 0.5) is 18.9 Å². The van der Waals surface area contributed by atoms with Gasteiger partial charge >= 0.3 is 6.18 Å². The van der Waals surface area contributed by atoms with Gasteiger partial charge in [-0.25, -0.2) is 0 Å². The van der Waals surface area contributed by atoms with Gasteiger partial charge in [-0.15, -0.1) is 0 Å². The van der Waals surface area contributed by atoms with Gasteiger partial charge < -0.3 is 11.1 Å². The van der Waals surface area contributed by atoms with E-state index in [1.807, 2.05) is 0 Å². The van der Waals surface area contributed by atoms with Gasteiger partial charge in [0.1, 0.15) is 0 Å². The molecule has 0 saturated heterocycles. The first-order chi connectivity index (χ1) is 8.29. The molecule has 0 aliphatic heterocycles. The maximum absolute atomic E-state index is 11.8. The van der Waals surface area contributed by atoms with E-state index in [-0.39, 0.29) is 30.8 Å². The highest BCUT2D eigenvalue weighted by molar-refractivity contribution is 5.96. The summed E-state index contributed by atoms with van der Waals surface area (Å²) in [6.45, 7) is 0.172. The summed E-state index contributed by atoms with van der Waals surface area (Å²) in [5.74, 6) is -0.472. The number of nitrogens with zero attached hydrogens (tertiary/aromatic N) is 2. The predicted molar refractivity (Wildman–Crippen MR) is 59.9 cm³/mol. The number of nitrogen functional groups attached to an aromatic ring is 1. The Labute approximate surface area is 102 Å². The summed E-state index contributed by atoms with van der Waals surface area (Å²) in [6.07, 6.45) is -3.25. The molecule has 0 radical (unpaired) electrons. The number of alkyl halides is 3. The number of unbranched alkanes of at least 4 members (excludes halogenated alkanes) is 1. The molecule has 0 bridgehead atoms. The third-order valence-corrected chi connectivity index (χ3v) is 2.24. The minimum atomic E-state index is -4.14. The third-order valence-electron chi connectivity index (χ3n) is 2.24. The molecule has 1 heterocycles. The van der Waals surface area contributed by atoms with Gasteiger partial charge in [0.2, 0.25) is 0 Å². The van der Waals surface area contributed by atoms with Gasteiger partial charge in [-0.1, -0.05) is 0 Å². The second kappa shape index (κ2) is 5.74. The van der Waals surface area contributed by atoms with Gasteiger partial charge in [-0.3, -0.25) is 9.48 Å². The fraction of sp³-hybridized carbons (Fsp3) is 0.600. The molecular formula is C10H15F3N4O. The van der Waals surface area contributed by atoms with E-state index in [0.717, 1.165) is 0 Å². The van der Waals surface area contributed by atoms with E-state index in [9.17, 15) is 18.0 Å². The average molecular weight is 264 g/mol. The monoisotopic (exact) mass is 264 g/mol. The van der Waals surface area contributed by atoms with Crippen LogP contribution in [0, 0.1) is 0 Å². The Bertz CT molecular complexity index is 414. The molecule has 5 nitrogen and oxygen atoms in total. The number of anilines is 1. The Morgan fingerprint density at radius 3 is 2.67 bits per heavy atom. The smallest absolute Gasteiger partial charge is 0.389 e. The van der Waals surface area contributed by atoms with Crippen LogP contribution in [0.15, 0.2) is 6.20 Å². The molecule has 0 aliphatic carbocycles. The zero-order chi connectivity index (χ0) is 13.8. The molecule has 1 amide bonds. The van der Waals surface area contributed by atoms with Crippen LogP contribution < -0.4 is 11.1 Å². The lowest BCUT2D eigenvalue weighted by Crippen LogP contribution is -2.26. The topological polar surface area (TPSA) is 72.9 Å². The Kier molecular flexibility index (Phi) is 4.57. The second-order valence-electron chi connectivity index (χ2n) is 3.93. The summed E-state index contributed by atoms with van der Waals surface area (Å²) >= 11 is 0. The van der Waals surface area contributed by atoms with Gasteiger partial charge in [0, 0.05) is 26.2 Å². The van der Waals surface area contributed by atoms with E-state index < -0.39 is 18.5 Å². The number of amides is 1. The highest BCUT2D eigenvalue weighted by atomic mass is 19.4. The van der Waals surface area contributed by atoms with Crippen molar-refractivity contribution < 1.29 is 18.0 Å². The Balaban J connectivity index is 2.28. The van der Waals surface area contributed by atoms with Crippen LogP contribution in [0.5, 0.6) is 0 Å². The van der Waals surface area contributed by atoms with Crippen molar-refractivity contribution in [3.05, 3.63) is 11.9 Å². The number of hydrogen-bond donors (Lipinski definition) is 2. The predicted octanol–water partition coefficient (Wildman–Crippen LogP) is 1.46. The van der Waals surface area contributed by atoms with Crippen molar-refractivity contribution in [3.8, 4) is 0 Å². The van der Waals surface area contributed by atoms with Gasteiger partial charge in [0.05, 0.1) is 5.69 Å². The fourth-order valence-corrected chi connectivity index (χ4v) is 1.42. The largest absolute Gasteiger partial charge is 0.396 e. The minimum Gasteiger partial charge on any atom is -0.396 e. The normalized spacial score (nSPS) is 11.6. The summed E-state index contributed by atoms with van der Waals surface area (Å²) in [4.78, 5) is 11.5. The quantitative estimate of drug-likeness (QED) is 0.791. The number of rotatable bonds is 5. The number of carbonyl (C=O) groups excluding carboxylic acids is 1. The van der Waals surface area contributed by atoms with Crippen LogP contribution in [0.1, 0.15) is 29.8 Å². The fourth-order valence-electron chi connectivity index (χ4n) is 1.42. The van der Waals surface area contributed by atoms with Crippen molar-refractivity contribution in [3.63, 3.8) is 0 Å². The molecule has 0 unspecified atom stereocenters. The van der Waals surface area contributed by atoms with Crippen LogP contribution >= 0.6 is 0 Å². The molecule has 1 rings (SSSR count). The number of nitrogens with one attached hydrogen (secondary N) is 1. The standard InChI is InChI=1S/C10H15F3N4O/c1-17-6-7(14)8(16-17)9(18)15-5-3-2-4-10(11,12)13/h6H,2-5,14H2,1H3,(H,15,18). The Hall–Kier alpha value is -1.73. The van der Waals surface area contributed by atoms with Crippen molar-refractivity contribution >= 4 is 11.6 Å². The molecule has 0 aromatic carbocycles. The lowest BCUT2D eigenvalue weighted by atomic mass is 10.2. The van der Waals surface area contributed by atoms with Crippen LogP contribution in [-0.2, 0) is 7.05 Å². The summed E-state index contributed by atoms with van der Waals surface area (Å²) in [5, 5.41) is 6.33. The van der Waals surface area contributed by atoms with Crippen molar-refractivity contribution in [2.75, 3.05) is 12.3 Å². The Morgan fingerprint density at radius 1 is 1.50 bits per heavy atom. The maximum Gasteiger partial charge on any atom is 0.389 e. The molecule has 8 heteroatoms. The minimum absolute atomic E-state index is 0.0124. The van der Waals surface area contributed by atoms with Crippen LogP contribution in [-0.4, -0.2) is 28.4 Å². The van der Waals surface area contributed by atoms with Gasteiger partial charge in [0.15, 0.2) is 5.69 Å². The van der Waals surface area contributed by atoms with Gasteiger partial charge in [-0.05, 0) is 12.8 Å². The first-order valence-electron chi connectivity index (χ1n) is 5.43. The molecule has 1 aromatic heterocycles. The van der Waals surface area contributed by atoms with Crippen molar-refractivity contribution in [1.29, 1.82) is 0 Å². The number of nitrogens with two attached hydrogens (primary N) is 1. The molecule has 0 atom stereocenters. The van der Waals surface area contributed by atoms with Crippen molar-refractivity contribution in [2.24, 2.45) is 7.05 Å². The van der Waals surface area contributed by atoms with Crippen LogP contribution in [0.2, 0.25) is 0 Å². The molecule has 0 aliphatic rings. The summed E-state index contributed by atoms with van der Waals surface area (Å²) in [5.41, 5.74) is 5.87. The number of aryl methyl sites for hydroxylation is 1. The molecule has 18 heavy (non-hydrogen) atoms. The highest BCUT2D eigenvalue weighted by Gasteiger charge is 2.25. The van der Waals surface area contributed by atoms with Gasteiger partial charge in [-0.2, -0.15) is 18.3 Å². The molecular weight excluding hydrogens is 249 g/mol. The number of aromatic nitrogens is 2. The molecule has 0 fully saturated rings. The molecule has 0 spiro atoms. The zero-order valence-corrected chi connectivity index (χ0v) is 9.92.